The van der Waals surface area contributed by atoms with Gasteiger partial charge < -0.3 is 0 Å². The highest BCUT2D eigenvalue weighted by molar-refractivity contribution is 4.72. The third-order valence-corrected chi connectivity index (χ3v) is 2.15. The monoisotopic (exact) mass is 222 g/mol. The molecule has 0 fully saturated rings. The summed E-state index contributed by atoms with van der Waals surface area (Å²) in [6, 6.07) is 0. The molecule has 0 saturated heterocycles. The predicted molar refractivity (Wildman–Crippen MR) is 39.7 cm³/mol. The second-order valence-corrected chi connectivity index (χ2v) is 3.33. The molecule has 0 bridgehead atoms. The molecule has 14 heavy (non-hydrogen) atoms. The predicted octanol–water partition coefficient (Wildman–Crippen LogP) is 4.16. The van der Waals surface area contributed by atoms with Gasteiger partial charge in [0, 0.05) is 0 Å². The van der Waals surface area contributed by atoms with E-state index < -0.39 is 30.6 Å². The van der Waals surface area contributed by atoms with Gasteiger partial charge in [0.15, 0.2) is 0 Å². The summed E-state index contributed by atoms with van der Waals surface area (Å²) in [5, 5.41) is 0. The van der Waals surface area contributed by atoms with Gasteiger partial charge in [-0.15, -0.1) is 0 Å². The fourth-order valence-electron chi connectivity index (χ4n) is 1.09. The van der Waals surface area contributed by atoms with Crippen molar-refractivity contribution in [1.82, 2.24) is 0 Å². The maximum atomic E-state index is 12.1. The van der Waals surface area contributed by atoms with E-state index in [1.54, 1.807) is 0 Å². The van der Waals surface area contributed by atoms with Crippen LogP contribution < -0.4 is 0 Å². The molecular weight excluding hydrogens is 210 g/mol. The van der Waals surface area contributed by atoms with Crippen LogP contribution in [-0.4, -0.2) is 12.4 Å². The van der Waals surface area contributed by atoms with Crippen LogP contribution in [0.1, 0.15) is 26.7 Å². The molecule has 0 radical (unpaired) electrons. The Hall–Kier alpha value is -0.420. The molecule has 0 spiro atoms. The summed E-state index contributed by atoms with van der Waals surface area (Å²) in [6.07, 6.45) is -10.3. The fraction of sp³-hybridized carbons (Fsp3) is 1.00. The Labute approximate surface area is 78.3 Å². The zero-order valence-electron chi connectivity index (χ0n) is 7.84. The van der Waals surface area contributed by atoms with Crippen LogP contribution in [0.3, 0.4) is 0 Å². The first-order chi connectivity index (χ1) is 6.09. The topological polar surface area (TPSA) is 0 Å². The van der Waals surface area contributed by atoms with Crippen molar-refractivity contribution >= 4 is 0 Å². The molecule has 0 saturated carbocycles. The molecule has 2 unspecified atom stereocenters. The molecule has 0 aromatic carbocycles. The average molecular weight is 222 g/mol. The molecule has 0 aliphatic rings. The van der Waals surface area contributed by atoms with Crippen LogP contribution >= 0.6 is 0 Å². The van der Waals surface area contributed by atoms with Gasteiger partial charge in [-0.1, -0.05) is 13.8 Å². The van der Waals surface area contributed by atoms with E-state index in [1.807, 2.05) is 0 Å². The summed E-state index contributed by atoms with van der Waals surface area (Å²) >= 11 is 0. The lowest BCUT2D eigenvalue weighted by Gasteiger charge is -2.23. The minimum Gasteiger partial charge on any atom is -0.171 e. The summed E-state index contributed by atoms with van der Waals surface area (Å²) in [5.74, 6) is -3.77. The molecule has 2 atom stereocenters. The number of hydrogen-bond acceptors (Lipinski definition) is 0. The van der Waals surface area contributed by atoms with Crippen molar-refractivity contribution in [3.05, 3.63) is 0 Å². The molecule has 0 aliphatic heterocycles. The van der Waals surface area contributed by atoms with Crippen LogP contribution in [0.4, 0.5) is 26.3 Å². The Bertz CT molecular complexity index is 168. The van der Waals surface area contributed by atoms with Gasteiger partial charge in [0.25, 0.3) is 0 Å². The number of rotatable bonds is 3. The van der Waals surface area contributed by atoms with Gasteiger partial charge in [0.2, 0.25) is 0 Å². The van der Waals surface area contributed by atoms with E-state index in [2.05, 4.69) is 0 Å². The summed E-state index contributed by atoms with van der Waals surface area (Å²) in [5.41, 5.74) is 0. The van der Waals surface area contributed by atoms with Crippen molar-refractivity contribution in [2.75, 3.05) is 0 Å². The lowest BCUT2D eigenvalue weighted by atomic mass is 9.93. The zero-order valence-corrected chi connectivity index (χ0v) is 7.84. The Kier molecular flexibility index (Phi) is 4.27. The Morgan fingerprint density at radius 2 is 1.36 bits per heavy atom. The highest BCUT2D eigenvalue weighted by atomic mass is 19.4. The van der Waals surface area contributed by atoms with Crippen molar-refractivity contribution in [3.63, 3.8) is 0 Å². The maximum Gasteiger partial charge on any atom is 0.391 e. The standard InChI is InChI=1S/C8H12F6/c1-3-6(8(12,13)14)4-5(2)7(9,10)11/h5-6H,3-4H2,1-2H3. The smallest absolute Gasteiger partial charge is 0.171 e. The molecule has 0 nitrogen and oxygen atoms in total. The molecular formula is C8H12F6. The van der Waals surface area contributed by atoms with Gasteiger partial charge >= 0.3 is 12.4 Å². The minimum absolute atomic E-state index is 0.316. The molecule has 0 rings (SSSR count). The first-order valence-electron chi connectivity index (χ1n) is 4.22. The van der Waals surface area contributed by atoms with E-state index in [9.17, 15) is 26.3 Å². The van der Waals surface area contributed by atoms with E-state index in [-0.39, 0.29) is 6.42 Å². The van der Waals surface area contributed by atoms with E-state index in [4.69, 9.17) is 0 Å². The van der Waals surface area contributed by atoms with Crippen molar-refractivity contribution in [2.24, 2.45) is 11.8 Å². The molecule has 0 aromatic rings. The summed E-state index contributed by atoms with van der Waals surface area (Å²) in [6.45, 7) is 2.01. The van der Waals surface area contributed by atoms with Gasteiger partial charge in [0.1, 0.15) is 0 Å². The van der Waals surface area contributed by atoms with Crippen LogP contribution in [0, 0.1) is 11.8 Å². The second-order valence-electron chi connectivity index (χ2n) is 3.33. The van der Waals surface area contributed by atoms with Gasteiger partial charge in [-0.05, 0) is 12.8 Å². The van der Waals surface area contributed by atoms with E-state index in [1.165, 1.54) is 6.92 Å². The lowest BCUT2D eigenvalue weighted by molar-refractivity contribution is -0.207. The van der Waals surface area contributed by atoms with Crippen LogP contribution in [0.2, 0.25) is 0 Å². The first kappa shape index (κ1) is 13.6. The largest absolute Gasteiger partial charge is 0.391 e. The van der Waals surface area contributed by atoms with Crippen LogP contribution in [0.5, 0.6) is 0 Å². The fourth-order valence-corrected chi connectivity index (χ4v) is 1.09. The van der Waals surface area contributed by atoms with Crippen LogP contribution in [-0.2, 0) is 0 Å². The summed E-state index contributed by atoms with van der Waals surface area (Å²) in [4.78, 5) is 0. The third kappa shape index (κ3) is 4.19. The van der Waals surface area contributed by atoms with Gasteiger partial charge in [-0.3, -0.25) is 0 Å². The van der Waals surface area contributed by atoms with Crippen molar-refractivity contribution in [2.45, 2.75) is 39.0 Å². The quantitative estimate of drug-likeness (QED) is 0.629. The minimum atomic E-state index is -4.54. The van der Waals surface area contributed by atoms with Crippen molar-refractivity contribution in [3.8, 4) is 0 Å². The molecule has 0 aromatic heterocycles. The Morgan fingerprint density at radius 3 is 1.57 bits per heavy atom. The average Bonchev–Trinajstić information content (AvgIpc) is 1.95. The molecule has 0 amide bonds. The number of hydrogen-bond donors (Lipinski definition) is 0. The van der Waals surface area contributed by atoms with Gasteiger partial charge in [0.05, 0.1) is 11.8 Å². The third-order valence-electron chi connectivity index (χ3n) is 2.15. The molecule has 0 N–H and O–H groups in total. The highest BCUT2D eigenvalue weighted by Gasteiger charge is 2.44. The molecule has 0 heterocycles. The number of alkyl halides is 6. The van der Waals surface area contributed by atoms with Crippen LogP contribution in [0.25, 0.3) is 0 Å². The molecule has 0 aliphatic carbocycles. The summed E-state index contributed by atoms with van der Waals surface area (Å²) in [7, 11) is 0. The Balaban J connectivity index is 4.34. The maximum absolute atomic E-state index is 12.1. The van der Waals surface area contributed by atoms with Gasteiger partial charge in [-0.2, -0.15) is 26.3 Å². The second kappa shape index (κ2) is 4.40. The van der Waals surface area contributed by atoms with E-state index >= 15 is 0 Å². The molecule has 6 heteroatoms. The van der Waals surface area contributed by atoms with Crippen LogP contribution in [0.15, 0.2) is 0 Å². The normalized spacial score (nSPS) is 18.0. The van der Waals surface area contributed by atoms with Crippen molar-refractivity contribution in [1.29, 1.82) is 0 Å². The molecule has 86 valence electrons. The van der Waals surface area contributed by atoms with Gasteiger partial charge in [-0.25, -0.2) is 0 Å². The summed E-state index contributed by atoms with van der Waals surface area (Å²) < 4.78 is 72.2. The highest BCUT2D eigenvalue weighted by Crippen LogP contribution is 2.38. The first-order valence-corrected chi connectivity index (χ1v) is 4.22. The Morgan fingerprint density at radius 1 is 0.929 bits per heavy atom. The van der Waals surface area contributed by atoms with E-state index in [0.717, 1.165) is 6.92 Å². The number of halogens is 6. The zero-order chi connectivity index (χ0) is 11.6. The SMILES string of the molecule is CCC(CC(C)C(F)(F)F)C(F)(F)F. The van der Waals surface area contributed by atoms with Crippen molar-refractivity contribution < 1.29 is 26.3 Å². The lowest BCUT2D eigenvalue weighted by Crippen LogP contribution is -2.29. The van der Waals surface area contributed by atoms with E-state index in [0.29, 0.717) is 0 Å².